The van der Waals surface area contributed by atoms with Gasteiger partial charge in [-0.25, -0.2) is 0 Å². The van der Waals surface area contributed by atoms with E-state index in [0.717, 1.165) is 15.8 Å². The Balaban J connectivity index is 1.97. The molecule has 0 amide bonds. The van der Waals surface area contributed by atoms with Crippen LogP contribution in [0.1, 0.15) is 5.56 Å². The Bertz CT molecular complexity index is 482. The molecule has 2 rings (SSSR count). The van der Waals surface area contributed by atoms with Gasteiger partial charge in [0.1, 0.15) is 12.4 Å². The maximum Gasteiger partial charge on any atom is 0.119 e. The van der Waals surface area contributed by atoms with Crippen LogP contribution >= 0.6 is 27.7 Å². The van der Waals surface area contributed by atoms with Gasteiger partial charge in [0.25, 0.3) is 0 Å². The van der Waals surface area contributed by atoms with E-state index in [9.17, 15) is 0 Å². The molecule has 0 aliphatic rings. The zero-order valence-electron chi connectivity index (χ0n) is 9.52. The molecule has 0 aromatic heterocycles. The van der Waals surface area contributed by atoms with Crippen molar-refractivity contribution in [3.05, 3.63) is 58.6 Å². The molecule has 0 fully saturated rings. The summed E-state index contributed by atoms with van der Waals surface area (Å²) in [5.74, 6) is 0.905. The van der Waals surface area contributed by atoms with Gasteiger partial charge >= 0.3 is 0 Å². The summed E-state index contributed by atoms with van der Waals surface area (Å²) in [6, 6.07) is 16.3. The number of benzene rings is 2. The highest BCUT2D eigenvalue weighted by Gasteiger charge is 1.97. The van der Waals surface area contributed by atoms with Crippen molar-refractivity contribution in [1.29, 1.82) is 0 Å². The van der Waals surface area contributed by atoms with E-state index in [-0.39, 0.29) is 0 Å². The zero-order chi connectivity index (χ0) is 12.1. The van der Waals surface area contributed by atoms with Gasteiger partial charge in [0, 0.05) is 9.37 Å². The Morgan fingerprint density at radius 3 is 2.53 bits per heavy atom. The predicted octanol–water partition coefficient (Wildman–Crippen LogP) is 4.75. The number of halogens is 1. The van der Waals surface area contributed by atoms with E-state index in [2.05, 4.69) is 46.5 Å². The fraction of sp³-hybridized carbons (Fsp3) is 0.143. The van der Waals surface area contributed by atoms with Gasteiger partial charge in [-0.15, -0.1) is 11.8 Å². The monoisotopic (exact) mass is 308 g/mol. The first-order valence-electron chi connectivity index (χ1n) is 5.29. The fourth-order valence-electron chi connectivity index (χ4n) is 1.47. The standard InChI is InChI=1S/C14H13BrOS/c1-17-14-7-5-13(6-8-14)16-10-11-3-2-4-12(15)9-11/h2-9H,10H2,1H3. The first-order valence-corrected chi connectivity index (χ1v) is 7.31. The average Bonchev–Trinajstić information content (AvgIpc) is 2.37. The lowest BCUT2D eigenvalue weighted by Crippen LogP contribution is -1.94. The van der Waals surface area contributed by atoms with Gasteiger partial charge in [-0.05, 0) is 48.2 Å². The Morgan fingerprint density at radius 1 is 1.12 bits per heavy atom. The summed E-state index contributed by atoms with van der Waals surface area (Å²) >= 11 is 5.18. The van der Waals surface area contributed by atoms with E-state index in [1.54, 1.807) is 11.8 Å². The van der Waals surface area contributed by atoms with Crippen LogP contribution in [-0.2, 0) is 6.61 Å². The van der Waals surface area contributed by atoms with E-state index >= 15 is 0 Å². The number of hydrogen-bond acceptors (Lipinski definition) is 2. The van der Waals surface area contributed by atoms with E-state index < -0.39 is 0 Å². The molecule has 0 aliphatic carbocycles. The molecule has 0 atom stereocenters. The minimum Gasteiger partial charge on any atom is -0.489 e. The van der Waals surface area contributed by atoms with Crippen LogP contribution in [-0.4, -0.2) is 6.26 Å². The van der Waals surface area contributed by atoms with Gasteiger partial charge in [0.05, 0.1) is 0 Å². The molecule has 2 aromatic carbocycles. The van der Waals surface area contributed by atoms with E-state index in [1.165, 1.54) is 4.90 Å². The predicted molar refractivity (Wildman–Crippen MR) is 76.7 cm³/mol. The minimum atomic E-state index is 0.595. The van der Waals surface area contributed by atoms with Crippen LogP contribution in [0, 0.1) is 0 Å². The van der Waals surface area contributed by atoms with Crippen LogP contribution in [0.15, 0.2) is 57.9 Å². The molecular formula is C14H13BrOS. The van der Waals surface area contributed by atoms with Crippen molar-refractivity contribution in [3.63, 3.8) is 0 Å². The minimum absolute atomic E-state index is 0.595. The van der Waals surface area contributed by atoms with E-state index in [0.29, 0.717) is 6.61 Å². The second-order valence-corrected chi connectivity index (χ2v) is 5.39. The van der Waals surface area contributed by atoms with E-state index in [4.69, 9.17) is 4.74 Å². The van der Waals surface area contributed by atoms with Gasteiger partial charge in [-0.3, -0.25) is 0 Å². The van der Waals surface area contributed by atoms with Gasteiger partial charge in [-0.2, -0.15) is 0 Å². The topological polar surface area (TPSA) is 9.23 Å². The number of thioether (sulfide) groups is 1. The second-order valence-electron chi connectivity index (χ2n) is 3.59. The quantitative estimate of drug-likeness (QED) is 0.754. The molecule has 0 unspecified atom stereocenters. The molecule has 0 aliphatic heterocycles. The molecular weight excluding hydrogens is 296 g/mol. The van der Waals surface area contributed by atoms with Crippen molar-refractivity contribution in [2.24, 2.45) is 0 Å². The third kappa shape index (κ3) is 3.79. The van der Waals surface area contributed by atoms with Crippen LogP contribution in [0.5, 0.6) is 5.75 Å². The molecule has 17 heavy (non-hydrogen) atoms. The normalized spacial score (nSPS) is 10.2. The van der Waals surface area contributed by atoms with Crippen molar-refractivity contribution in [2.45, 2.75) is 11.5 Å². The summed E-state index contributed by atoms with van der Waals surface area (Å²) < 4.78 is 6.80. The Kier molecular flexibility index (Phi) is 4.51. The average molecular weight is 309 g/mol. The molecule has 0 heterocycles. The molecule has 2 aromatic rings. The summed E-state index contributed by atoms with van der Waals surface area (Å²) in [5, 5.41) is 0. The lowest BCUT2D eigenvalue weighted by molar-refractivity contribution is 0.306. The highest BCUT2D eigenvalue weighted by molar-refractivity contribution is 9.10. The summed E-state index contributed by atoms with van der Waals surface area (Å²) in [7, 11) is 0. The maximum atomic E-state index is 5.72. The Morgan fingerprint density at radius 2 is 1.88 bits per heavy atom. The maximum absolute atomic E-state index is 5.72. The zero-order valence-corrected chi connectivity index (χ0v) is 11.9. The smallest absolute Gasteiger partial charge is 0.119 e. The van der Waals surface area contributed by atoms with Crippen LogP contribution in [0.2, 0.25) is 0 Å². The largest absolute Gasteiger partial charge is 0.489 e. The lowest BCUT2D eigenvalue weighted by atomic mass is 10.2. The summed E-state index contributed by atoms with van der Waals surface area (Å²) in [6.45, 7) is 0.595. The van der Waals surface area contributed by atoms with Crippen molar-refractivity contribution >= 4 is 27.7 Å². The summed E-state index contributed by atoms with van der Waals surface area (Å²) in [4.78, 5) is 1.25. The Hall–Kier alpha value is -0.930. The highest BCUT2D eigenvalue weighted by Crippen LogP contribution is 2.20. The fourth-order valence-corrected chi connectivity index (χ4v) is 2.32. The molecule has 0 radical (unpaired) electrons. The number of ether oxygens (including phenoxy) is 1. The Labute approximate surface area is 114 Å². The molecule has 0 saturated carbocycles. The first kappa shape index (κ1) is 12.5. The van der Waals surface area contributed by atoms with Crippen molar-refractivity contribution in [2.75, 3.05) is 6.26 Å². The lowest BCUT2D eigenvalue weighted by Gasteiger charge is -2.07. The third-order valence-corrected chi connectivity index (χ3v) is 3.59. The second kappa shape index (κ2) is 6.12. The van der Waals surface area contributed by atoms with Gasteiger partial charge < -0.3 is 4.74 Å². The van der Waals surface area contributed by atoms with Crippen LogP contribution < -0.4 is 4.74 Å². The van der Waals surface area contributed by atoms with Gasteiger partial charge in [0.15, 0.2) is 0 Å². The molecule has 0 bridgehead atoms. The van der Waals surface area contributed by atoms with Crippen LogP contribution in [0.3, 0.4) is 0 Å². The van der Waals surface area contributed by atoms with Gasteiger partial charge in [0.2, 0.25) is 0 Å². The SMILES string of the molecule is CSc1ccc(OCc2cccc(Br)c2)cc1. The molecule has 88 valence electrons. The molecule has 3 heteroatoms. The van der Waals surface area contributed by atoms with Crippen LogP contribution in [0.25, 0.3) is 0 Å². The number of rotatable bonds is 4. The summed E-state index contributed by atoms with van der Waals surface area (Å²) in [6.07, 6.45) is 2.07. The first-order chi connectivity index (χ1) is 8.28. The molecule has 1 nitrogen and oxygen atoms in total. The van der Waals surface area contributed by atoms with Crippen LogP contribution in [0.4, 0.5) is 0 Å². The number of hydrogen-bond donors (Lipinski definition) is 0. The summed E-state index contributed by atoms with van der Waals surface area (Å²) in [5.41, 5.74) is 1.16. The molecule has 0 N–H and O–H groups in total. The highest BCUT2D eigenvalue weighted by atomic mass is 79.9. The molecule has 0 saturated heterocycles. The van der Waals surface area contributed by atoms with Gasteiger partial charge in [-0.1, -0.05) is 28.1 Å². The third-order valence-electron chi connectivity index (χ3n) is 2.35. The van der Waals surface area contributed by atoms with Crippen molar-refractivity contribution in [1.82, 2.24) is 0 Å². The van der Waals surface area contributed by atoms with Crippen molar-refractivity contribution < 1.29 is 4.74 Å². The van der Waals surface area contributed by atoms with Crippen molar-refractivity contribution in [3.8, 4) is 5.75 Å². The molecule has 0 spiro atoms. The van der Waals surface area contributed by atoms with E-state index in [1.807, 2.05) is 24.3 Å².